The Morgan fingerprint density at radius 1 is 1.23 bits per heavy atom. The number of aromatic hydroxyl groups is 1. The van der Waals surface area contributed by atoms with E-state index in [1.54, 1.807) is 30.3 Å². The summed E-state index contributed by atoms with van der Waals surface area (Å²) >= 11 is 6.91. The number of hydrogen-bond donors (Lipinski definition) is 2. The molecular formula is C23H31BrClN2O6SSi-. The molecule has 0 saturated carbocycles. The van der Waals surface area contributed by atoms with E-state index in [1.807, 2.05) is 0 Å². The number of ether oxygens (including phenoxy) is 1. The zero-order chi connectivity index (χ0) is 26.2. The quantitative estimate of drug-likeness (QED) is 0.237. The van der Waals surface area contributed by atoms with Gasteiger partial charge in [0.2, 0.25) is 0 Å². The molecule has 0 aromatic heterocycles. The average Bonchev–Trinajstić information content (AvgIpc) is 2.84. The van der Waals surface area contributed by atoms with Gasteiger partial charge in [-0.1, -0.05) is 54.4 Å². The third-order valence-electron chi connectivity index (χ3n) is 6.00. The number of phenolic OH excluding ortho intramolecular Hbond substituents is 1. The first-order valence-corrected chi connectivity index (χ1v) is 16.0. The fourth-order valence-electron chi connectivity index (χ4n) is 3.60. The number of carbonyl (C=O) groups excluding carboxylic acids is 1. The summed E-state index contributed by atoms with van der Waals surface area (Å²) in [5.41, 5.74) is 0.778. The lowest BCUT2D eigenvalue weighted by molar-refractivity contribution is -0.123. The Labute approximate surface area is 223 Å². The summed E-state index contributed by atoms with van der Waals surface area (Å²) in [6.07, 6.45) is -0.533. The Balaban J connectivity index is 2.22. The van der Waals surface area contributed by atoms with E-state index in [-0.39, 0.29) is 30.5 Å². The third kappa shape index (κ3) is 8.19. The molecule has 0 aliphatic rings. The molecule has 0 radical (unpaired) electrons. The lowest BCUT2D eigenvalue weighted by Crippen LogP contribution is -2.41. The smallest absolute Gasteiger partial charge is 0.258 e. The first-order valence-electron chi connectivity index (χ1n) is 11.2. The van der Waals surface area contributed by atoms with Crippen LogP contribution in [0, 0.1) is 0 Å². The van der Waals surface area contributed by atoms with Gasteiger partial charge in [0.25, 0.3) is 5.91 Å². The Morgan fingerprint density at radius 3 is 2.46 bits per heavy atom. The first kappa shape index (κ1) is 29.6. The molecule has 0 fully saturated rings. The number of halogens is 2. The van der Waals surface area contributed by atoms with Crippen molar-refractivity contribution in [3.8, 4) is 11.5 Å². The highest BCUT2D eigenvalue weighted by atomic mass is 79.9. The minimum Gasteiger partial charge on any atom is -0.755 e. The minimum atomic E-state index is -2.56. The van der Waals surface area contributed by atoms with Gasteiger partial charge in [0.05, 0.1) is 16.8 Å². The van der Waals surface area contributed by atoms with Gasteiger partial charge >= 0.3 is 0 Å². The van der Waals surface area contributed by atoms with Crippen LogP contribution < -0.4 is 14.4 Å². The highest BCUT2D eigenvalue weighted by Crippen LogP contribution is 2.35. The number of phenols is 1. The zero-order valence-electron chi connectivity index (χ0n) is 20.2. The second kappa shape index (κ2) is 13.6. The number of hydrogen-bond acceptors (Lipinski definition) is 6. The van der Waals surface area contributed by atoms with Crippen LogP contribution in [0.4, 0.5) is 5.69 Å². The molecule has 35 heavy (non-hydrogen) atoms. The summed E-state index contributed by atoms with van der Waals surface area (Å²) in [5, 5.41) is 13.4. The van der Waals surface area contributed by atoms with E-state index in [2.05, 4.69) is 42.0 Å². The maximum Gasteiger partial charge on any atom is 0.258 e. The molecule has 2 N–H and O–H groups in total. The molecule has 2 unspecified atom stereocenters. The van der Waals surface area contributed by atoms with Crippen molar-refractivity contribution < 1.29 is 27.8 Å². The Hall–Kier alpha value is -1.63. The van der Waals surface area contributed by atoms with Crippen molar-refractivity contribution in [3.63, 3.8) is 0 Å². The van der Waals surface area contributed by atoms with Gasteiger partial charge in [0.1, 0.15) is 11.5 Å². The van der Waals surface area contributed by atoms with Gasteiger partial charge in [0.15, 0.2) is 14.9 Å². The standard InChI is InChI=1S/C23H32BrClN2O6SSi/c1-5-35(6-2,7-3)33-22(16-8-10-20(28)19(12-16)27(4)34(30)31)14-26-23(29)15-32-21-11-9-17(24)13-18(21)25/h8-13,22,28H,5-7,14-15H2,1-4H3,(H,26,29)(H,30,31)/p-1. The number of rotatable bonds is 13. The summed E-state index contributed by atoms with van der Waals surface area (Å²) in [4.78, 5) is 12.6. The van der Waals surface area contributed by atoms with E-state index in [0.717, 1.165) is 26.9 Å². The van der Waals surface area contributed by atoms with Crippen molar-refractivity contribution in [2.24, 2.45) is 0 Å². The van der Waals surface area contributed by atoms with E-state index in [1.165, 1.54) is 13.1 Å². The Morgan fingerprint density at radius 2 is 1.89 bits per heavy atom. The average molecular weight is 607 g/mol. The van der Waals surface area contributed by atoms with Gasteiger partial charge in [-0.2, -0.15) is 0 Å². The number of nitrogens with one attached hydrogen (secondary N) is 1. The number of nitrogens with zero attached hydrogens (tertiary/aromatic N) is 1. The second-order valence-electron chi connectivity index (χ2n) is 7.98. The normalized spacial score (nSPS) is 13.2. The summed E-state index contributed by atoms with van der Waals surface area (Å²) in [5.74, 6) is -0.136. The van der Waals surface area contributed by atoms with Crippen LogP contribution in [0.2, 0.25) is 23.2 Å². The third-order valence-corrected chi connectivity index (χ3v) is 12.1. The highest BCUT2D eigenvalue weighted by molar-refractivity contribution is 9.10. The van der Waals surface area contributed by atoms with Gasteiger partial charge < -0.3 is 28.4 Å². The molecule has 2 aromatic rings. The minimum absolute atomic E-state index is 0.126. The number of carbonyl (C=O) groups is 1. The molecular weight excluding hydrogens is 576 g/mol. The van der Waals surface area contributed by atoms with Crippen molar-refractivity contribution in [1.82, 2.24) is 5.32 Å². The van der Waals surface area contributed by atoms with Crippen LogP contribution in [0.25, 0.3) is 0 Å². The van der Waals surface area contributed by atoms with Crippen LogP contribution in [-0.4, -0.2) is 48.3 Å². The molecule has 1 amide bonds. The molecule has 194 valence electrons. The van der Waals surface area contributed by atoms with Crippen molar-refractivity contribution in [3.05, 3.63) is 51.5 Å². The largest absolute Gasteiger partial charge is 0.755 e. The Bertz CT molecular complexity index is 1030. The molecule has 2 atom stereocenters. The summed E-state index contributed by atoms with van der Waals surface area (Å²) < 4.78 is 36.8. The predicted octanol–water partition coefficient (Wildman–Crippen LogP) is 5.30. The summed E-state index contributed by atoms with van der Waals surface area (Å²) in [7, 11) is -0.761. The van der Waals surface area contributed by atoms with Gasteiger partial charge in [-0.05, 0) is 54.0 Å². The molecule has 0 aliphatic carbocycles. The summed E-state index contributed by atoms with van der Waals surface area (Å²) in [6, 6.07) is 12.5. The van der Waals surface area contributed by atoms with Crippen LogP contribution in [0.15, 0.2) is 40.9 Å². The Kier molecular flexibility index (Phi) is 11.5. The first-order chi connectivity index (χ1) is 16.6. The van der Waals surface area contributed by atoms with Crippen molar-refractivity contribution >= 4 is 58.7 Å². The fourth-order valence-corrected chi connectivity index (χ4v) is 7.45. The van der Waals surface area contributed by atoms with E-state index in [9.17, 15) is 18.7 Å². The molecule has 8 nitrogen and oxygen atoms in total. The lowest BCUT2D eigenvalue weighted by atomic mass is 10.1. The van der Waals surface area contributed by atoms with Gasteiger partial charge in [-0.15, -0.1) is 0 Å². The monoisotopic (exact) mass is 605 g/mol. The molecule has 0 spiro atoms. The molecule has 0 bridgehead atoms. The van der Waals surface area contributed by atoms with E-state index in [0.29, 0.717) is 16.3 Å². The van der Waals surface area contributed by atoms with Gasteiger partial charge in [0, 0.05) is 29.3 Å². The molecule has 2 aromatic carbocycles. The molecule has 0 heterocycles. The van der Waals surface area contributed by atoms with Crippen molar-refractivity contribution in [2.75, 3.05) is 24.5 Å². The zero-order valence-corrected chi connectivity index (χ0v) is 24.3. The molecule has 2 rings (SSSR count). The molecule has 0 saturated heterocycles. The maximum atomic E-state index is 12.6. The van der Waals surface area contributed by atoms with E-state index < -0.39 is 25.7 Å². The number of benzene rings is 2. The van der Waals surface area contributed by atoms with Crippen molar-refractivity contribution in [1.29, 1.82) is 0 Å². The van der Waals surface area contributed by atoms with Crippen LogP contribution in [0.5, 0.6) is 11.5 Å². The van der Waals surface area contributed by atoms with Gasteiger partial charge in [-0.3, -0.25) is 9.00 Å². The topological polar surface area (TPSA) is 111 Å². The second-order valence-corrected chi connectivity index (χ2v) is 15.0. The molecule has 12 heteroatoms. The summed E-state index contributed by atoms with van der Waals surface area (Å²) in [6.45, 7) is 6.22. The van der Waals surface area contributed by atoms with Crippen LogP contribution in [-0.2, 0) is 20.5 Å². The van der Waals surface area contributed by atoms with Crippen LogP contribution in [0.3, 0.4) is 0 Å². The maximum absolute atomic E-state index is 12.6. The molecule has 0 aliphatic heterocycles. The lowest BCUT2D eigenvalue weighted by Gasteiger charge is -2.34. The number of anilines is 1. The van der Waals surface area contributed by atoms with Gasteiger partial charge in [-0.25, -0.2) is 0 Å². The SMILES string of the molecule is CC[Si](CC)(CC)OC(CNC(=O)COc1ccc(Br)cc1Cl)c1ccc(O)c(N(C)S(=O)[O-])c1. The van der Waals surface area contributed by atoms with E-state index >= 15 is 0 Å². The highest BCUT2D eigenvalue weighted by Gasteiger charge is 2.33. The predicted molar refractivity (Wildman–Crippen MR) is 144 cm³/mol. The number of amides is 1. The van der Waals surface area contributed by atoms with Crippen LogP contribution >= 0.6 is 27.5 Å². The fraction of sp³-hybridized carbons (Fsp3) is 0.435. The van der Waals surface area contributed by atoms with Crippen molar-refractivity contribution in [2.45, 2.75) is 45.0 Å². The van der Waals surface area contributed by atoms with E-state index in [4.69, 9.17) is 20.8 Å². The van der Waals surface area contributed by atoms with Crippen LogP contribution in [0.1, 0.15) is 32.4 Å².